The molecular formula is C21H18F3N3O3S. The first-order valence-corrected chi connectivity index (χ1v) is 10.9. The van der Waals surface area contributed by atoms with E-state index in [1.165, 1.54) is 23.1 Å². The highest BCUT2D eigenvalue weighted by Gasteiger charge is 2.33. The highest BCUT2D eigenvalue weighted by Crippen LogP contribution is 2.23. The number of aromatic nitrogens is 1. The molecule has 1 aliphatic rings. The number of fused-ring (bicyclic) bond motifs is 1. The van der Waals surface area contributed by atoms with Crippen molar-refractivity contribution in [1.29, 1.82) is 0 Å². The summed E-state index contributed by atoms with van der Waals surface area (Å²) in [6.45, 7) is 1.68. The van der Waals surface area contributed by atoms with E-state index in [0.717, 1.165) is 16.4 Å². The fourth-order valence-corrected chi connectivity index (χ4v) is 5.07. The quantitative estimate of drug-likeness (QED) is 0.616. The average molecular weight is 449 g/mol. The van der Waals surface area contributed by atoms with Crippen LogP contribution in [0.25, 0.3) is 10.9 Å². The Morgan fingerprint density at radius 2 is 1.58 bits per heavy atom. The second kappa shape index (κ2) is 7.93. The van der Waals surface area contributed by atoms with Gasteiger partial charge in [-0.15, -0.1) is 0 Å². The van der Waals surface area contributed by atoms with E-state index in [1.54, 1.807) is 13.0 Å². The molecule has 0 bridgehead atoms. The summed E-state index contributed by atoms with van der Waals surface area (Å²) in [6.07, 6.45) is 0. The third kappa shape index (κ3) is 4.00. The molecule has 31 heavy (non-hydrogen) atoms. The fourth-order valence-electron chi connectivity index (χ4n) is 3.57. The number of benzene rings is 2. The van der Waals surface area contributed by atoms with Crippen LogP contribution < -0.4 is 0 Å². The van der Waals surface area contributed by atoms with Gasteiger partial charge in [0.1, 0.15) is 22.3 Å². The molecule has 0 unspecified atom stereocenters. The largest absolute Gasteiger partial charge is 0.336 e. The van der Waals surface area contributed by atoms with Gasteiger partial charge in [0.05, 0.1) is 16.8 Å². The summed E-state index contributed by atoms with van der Waals surface area (Å²) in [7, 11) is -4.24. The molecule has 1 fully saturated rings. The maximum Gasteiger partial charge on any atom is 0.255 e. The van der Waals surface area contributed by atoms with Crippen molar-refractivity contribution >= 4 is 26.8 Å². The molecule has 1 amide bonds. The number of amides is 1. The van der Waals surface area contributed by atoms with Crippen molar-refractivity contribution in [2.45, 2.75) is 11.8 Å². The van der Waals surface area contributed by atoms with Crippen molar-refractivity contribution in [3.8, 4) is 0 Å². The monoisotopic (exact) mass is 449 g/mol. The number of halogens is 3. The molecule has 0 aliphatic carbocycles. The molecule has 6 nitrogen and oxygen atoms in total. The van der Waals surface area contributed by atoms with Crippen molar-refractivity contribution in [2.24, 2.45) is 0 Å². The summed E-state index contributed by atoms with van der Waals surface area (Å²) < 4.78 is 67.3. The van der Waals surface area contributed by atoms with Gasteiger partial charge in [0.2, 0.25) is 10.0 Å². The number of rotatable bonds is 3. The maximum atomic E-state index is 14.0. The molecule has 0 saturated carbocycles. The number of sulfonamides is 1. The van der Waals surface area contributed by atoms with E-state index in [0.29, 0.717) is 28.2 Å². The van der Waals surface area contributed by atoms with Gasteiger partial charge in [0.15, 0.2) is 0 Å². The number of carbonyl (C=O) groups is 1. The topological polar surface area (TPSA) is 70.6 Å². The van der Waals surface area contributed by atoms with E-state index in [4.69, 9.17) is 0 Å². The molecule has 4 rings (SSSR count). The van der Waals surface area contributed by atoms with E-state index in [-0.39, 0.29) is 32.1 Å². The van der Waals surface area contributed by atoms with Crippen molar-refractivity contribution in [1.82, 2.24) is 14.2 Å². The zero-order chi connectivity index (χ0) is 22.3. The average Bonchev–Trinajstić information content (AvgIpc) is 2.74. The summed E-state index contributed by atoms with van der Waals surface area (Å²) in [6, 6.07) is 7.99. The van der Waals surface area contributed by atoms with Gasteiger partial charge in [-0.1, -0.05) is 0 Å². The van der Waals surface area contributed by atoms with Gasteiger partial charge in [0.25, 0.3) is 5.91 Å². The molecule has 1 aliphatic heterocycles. The van der Waals surface area contributed by atoms with Crippen LogP contribution in [0.15, 0.2) is 47.4 Å². The van der Waals surface area contributed by atoms with Crippen LogP contribution in [0.1, 0.15) is 16.1 Å². The standard InChI is InChI=1S/C21H18F3N3O3S/c1-13-17(10-14-2-3-15(22)11-19(14)25-13)21(28)26-6-8-27(9-7-26)31(29,30)20-12-16(23)4-5-18(20)24/h2-5,10-12H,6-9H2,1H3. The molecule has 0 N–H and O–H groups in total. The third-order valence-electron chi connectivity index (χ3n) is 5.24. The van der Waals surface area contributed by atoms with E-state index >= 15 is 0 Å². The first-order chi connectivity index (χ1) is 14.7. The number of hydrogen-bond acceptors (Lipinski definition) is 4. The number of piperazine rings is 1. The Morgan fingerprint density at radius 1 is 0.935 bits per heavy atom. The lowest BCUT2D eigenvalue weighted by Crippen LogP contribution is -2.50. The smallest absolute Gasteiger partial charge is 0.255 e. The van der Waals surface area contributed by atoms with E-state index in [1.807, 2.05) is 0 Å². The lowest BCUT2D eigenvalue weighted by atomic mass is 10.1. The first-order valence-electron chi connectivity index (χ1n) is 9.48. The Bertz CT molecular complexity index is 1290. The van der Waals surface area contributed by atoms with Gasteiger partial charge in [-0.2, -0.15) is 4.31 Å². The predicted molar refractivity (Wildman–Crippen MR) is 107 cm³/mol. The molecule has 0 spiro atoms. The van der Waals surface area contributed by atoms with Gasteiger partial charge in [0, 0.05) is 37.6 Å². The molecule has 3 aromatic rings. The highest BCUT2D eigenvalue weighted by atomic mass is 32.2. The number of pyridine rings is 1. The van der Waals surface area contributed by atoms with Crippen LogP contribution in [0.3, 0.4) is 0 Å². The van der Waals surface area contributed by atoms with Crippen LogP contribution in [0, 0.1) is 24.4 Å². The van der Waals surface area contributed by atoms with Gasteiger partial charge in [-0.3, -0.25) is 9.78 Å². The third-order valence-corrected chi connectivity index (χ3v) is 7.15. The van der Waals surface area contributed by atoms with E-state index < -0.39 is 32.4 Å². The maximum absolute atomic E-state index is 14.0. The molecule has 10 heteroatoms. The molecule has 0 atom stereocenters. The van der Waals surface area contributed by atoms with Crippen molar-refractivity contribution < 1.29 is 26.4 Å². The zero-order valence-electron chi connectivity index (χ0n) is 16.5. The van der Waals surface area contributed by atoms with Gasteiger partial charge in [-0.25, -0.2) is 21.6 Å². The van der Waals surface area contributed by atoms with Crippen LogP contribution in [0.5, 0.6) is 0 Å². The predicted octanol–water partition coefficient (Wildman–Crippen LogP) is 3.11. The SMILES string of the molecule is Cc1nc2cc(F)ccc2cc1C(=O)N1CCN(S(=O)(=O)c2cc(F)ccc2F)CC1. The van der Waals surface area contributed by atoms with Crippen molar-refractivity contribution in [3.63, 3.8) is 0 Å². The Labute approximate surface area is 177 Å². The van der Waals surface area contributed by atoms with Gasteiger partial charge < -0.3 is 4.90 Å². The summed E-state index contributed by atoms with van der Waals surface area (Å²) in [4.78, 5) is 18.0. The van der Waals surface area contributed by atoms with E-state index in [2.05, 4.69) is 4.98 Å². The number of aryl methyl sites for hydroxylation is 1. The van der Waals surface area contributed by atoms with Crippen LogP contribution in [0.4, 0.5) is 13.2 Å². The second-order valence-electron chi connectivity index (χ2n) is 7.23. The molecule has 1 aromatic heterocycles. The van der Waals surface area contributed by atoms with Crippen molar-refractivity contribution in [2.75, 3.05) is 26.2 Å². The summed E-state index contributed by atoms with van der Waals surface area (Å²) in [5.41, 5.74) is 1.20. The first kappa shape index (κ1) is 21.3. The Kier molecular flexibility index (Phi) is 5.44. The minimum absolute atomic E-state index is 0.0602. The number of carbonyl (C=O) groups excluding carboxylic acids is 1. The Hall–Kier alpha value is -2.98. The summed E-state index contributed by atoms with van der Waals surface area (Å²) >= 11 is 0. The lowest BCUT2D eigenvalue weighted by Gasteiger charge is -2.34. The molecular weight excluding hydrogens is 431 g/mol. The fraction of sp³-hybridized carbons (Fsp3) is 0.238. The highest BCUT2D eigenvalue weighted by molar-refractivity contribution is 7.89. The van der Waals surface area contributed by atoms with Crippen LogP contribution in [0.2, 0.25) is 0 Å². The zero-order valence-corrected chi connectivity index (χ0v) is 17.3. The minimum Gasteiger partial charge on any atom is -0.336 e. The summed E-state index contributed by atoms with van der Waals surface area (Å²) in [5.74, 6) is -2.64. The van der Waals surface area contributed by atoms with Gasteiger partial charge in [-0.05, 0) is 43.3 Å². The number of nitrogens with zero attached hydrogens (tertiary/aromatic N) is 3. The summed E-state index contributed by atoms with van der Waals surface area (Å²) in [5, 5.41) is 0.609. The Morgan fingerprint density at radius 3 is 2.29 bits per heavy atom. The van der Waals surface area contributed by atoms with Crippen LogP contribution in [-0.2, 0) is 10.0 Å². The van der Waals surface area contributed by atoms with Crippen LogP contribution in [-0.4, -0.2) is 54.7 Å². The Balaban J connectivity index is 1.53. The molecule has 2 heterocycles. The minimum atomic E-state index is -4.24. The molecule has 162 valence electrons. The van der Waals surface area contributed by atoms with Crippen LogP contribution >= 0.6 is 0 Å². The molecule has 1 saturated heterocycles. The van der Waals surface area contributed by atoms with Crippen molar-refractivity contribution in [3.05, 3.63) is 71.2 Å². The number of hydrogen-bond donors (Lipinski definition) is 0. The van der Waals surface area contributed by atoms with Gasteiger partial charge >= 0.3 is 0 Å². The lowest BCUT2D eigenvalue weighted by molar-refractivity contribution is 0.0696. The van der Waals surface area contributed by atoms with E-state index in [9.17, 15) is 26.4 Å². The molecule has 0 radical (unpaired) electrons. The normalized spacial score (nSPS) is 15.4. The second-order valence-corrected chi connectivity index (χ2v) is 9.14. The molecule has 2 aromatic carbocycles.